The fourth-order valence-electron chi connectivity index (χ4n) is 2.11. The van der Waals surface area contributed by atoms with Gasteiger partial charge in [0.25, 0.3) is 0 Å². The van der Waals surface area contributed by atoms with Gasteiger partial charge in [-0.2, -0.15) is 5.10 Å². The van der Waals surface area contributed by atoms with E-state index in [4.69, 9.17) is 4.74 Å². The Balaban J connectivity index is 2.08. The van der Waals surface area contributed by atoms with Gasteiger partial charge in [-0.3, -0.25) is 4.68 Å². The average Bonchev–Trinajstić information content (AvgIpc) is 2.88. The number of nitrogens with one attached hydrogen (secondary N) is 1. The number of nitrogens with zero attached hydrogens (tertiary/aromatic N) is 2. The lowest BCUT2D eigenvalue weighted by atomic mass is 10.2. The number of hydrogen-bond acceptors (Lipinski definition) is 3. The highest BCUT2D eigenvalue weighted by atomic mass is 79.9. The molecular formula is C15H20BrN3O. The van der Waals surface area contributed by atoms with E-state index in [1.807, 2.05) is 16.9 Å². The highest BCUT2D eigenvalue weighted by Crippen LogP contribution is 2.25. The topological polar surface area (TPSA) is 39.1 Å². The summed E-state index contributed by atoms with van der Waals surface area (Å²) in [6, 6.07) is 6.41. The molecule has 1 heterocycles. The van der Waals surface area contributed by atoms with Gasteiger partial charge in [0.15, 0.2) is 0 Å². The number of aromatic nitrogens is 2. The van der Waals surface area contributed by atoms with Crippen LogP contribution in [0, 0.1) is 0 Å². The lowest BCUT2D eigenvalue weighted by Gasteiger charge is -2.09. The highest BCUT2D eigenvalue weighted by Gasteiger charge is 2.07. The predicted molar refractivity (Wildman–Crippen MR) is 84.1 cm³/mol. The summed E-state index contributed by atoms with van der Waals surface area (Å²) in [5.41, 5.74) is 2.39. The van der Waals surface area contributed by atoms with Crippen molar-refractivity contribution in [2.24, 2.45) is 0 Å². The normalized spacial score (nSPS) is 12.4. The molecule has 2 rings (SSSR count). The first-order valence-electron chi connectivity index (χ1n) is 6.72. The van der Waals surface area contributed by atoms with Crippen LogP contribution in [0.4, 0.5) is 0 Å². The summed E-state index contributed by atoms with van der Waals surface area (Å²) in [5.74, 6) is 0.843. The maximum absolute atomic E-state index is 5.24. The molecule has 0 fully saturated rings. The molecule has 1 unspecified atom stereocenters. The molecule has 0 saturated heterocycles. The van der Waals surface area contributed by atoms with Crippen LogP contribution in [0.2, 0.25) is 0 Å². The molecule has 4 nitrogen and oxygen atoms in total. The molecule has 0 amide bonds. The largest absolute Gasteiger partial charge is 0.496 e. The van der Waals surface area contributed by atoms with Crippen molar-refractivity contribution < 1.29 is 4.74 Å². The summed E-state index contributed by atoms with van der Waals surface area (Å²) in [7, 11) is 1.67. The van der Waals surface area contributed by atoms with Crippen molar-refractivity contribution in [2.45, 2.75) is 26.4 Å². The Morgan fingerprint density at radius 3 is 2.90 bits per heavy atom. The van der Waals surface area contributed by atoms with E-state index in [0.717, 1.165) is 23.3 Å². The Labute approximate surface area is 128 Å². The zero-order valence-electron chi connectivity index (χ0n) is 12.1. The van der Waals surface area contributed by atoms with Crippen LogP contribution in [0.3, 0.4) is 0 Å². The highest BCUT2D eigenvalue weighted by molar-refractivity contribution is 9.10. The fraction of sp³-hybridized carbons (Fsp3) is 0.400. The SMILES string of the molecule is CCNC(C)c1cnn(Cc2ccc(OC)c(Br)c2)c1. The van der Waals surface area contributed by atoms with Gasteiger partial charge in [-0.25, -0.2) is 0 Å². The molecule has 0 radical (unpaired) electrons. The number of benzene rings is 1. The zero-order valence-corrected chi connectivity index (χ0v) is 13.6. The van der Waals surface area contributed by atoms with E-state index in [-0.39, 0.29) is 0 Å². The van der Waals surface area contributed by atoms with Crippen LogP contribution in [-0.2, 0) is 6.54 Å². The Morgan fingerprint density at radius 1 is 1.45 bits per heavy atom. The number of hydrogen-bond donors (Lipinski definition) is 1. The summed E-state index contributed by atoms with van der Waals surface area (Å²) in [5, 5.41) is 7.80. The van der Waals surface area contributed by atoms with Crippen molar-refractivity contribution in [1.29, 1.82) is 0 Å². The minimum absolute atomic E-state index is 0.330. The van der Waals surface area contributed by atoms with Crippen LogP contribution < -0.4 is 10.1 Å². The number of ether oxygens (including phenoxy) is 1. The molecule has 0 spiro atoms. The molecule has 0 aliphatic carbocycles. The number of halogens is 1. The minimum atomic E-state index is 0.330. The van der Waals surface area contributed by atoms with E-state index in [1.165, 1.54) is 11.1 Å². The molecule has 0 saturated carbocycles. The average molecular weight is 338 g/mol. The third-order valence-electron chi connectivity index (χ3n) is 3.22. The second-order valence-electron chi connectivity index (χ2n) is 4.72. The van der Waals surface area contributed by atoms with Crippen LogP contribution in [0.15, 0.2) is 35.1 Å². The van der Waals surface area contributed by atoms with Gasteiger partial charge in [-0.05, 0) is 47.1 Å². The van der Waals surface area contributed by atoms with Crippen molar-refractivity contribution in [3.8, 4) is 5.75 Å². The first-order chi connectivity index (χ1) is 9.63. The summed E-state index contributed by atoms with van der Waals surface area (Å²) < 4.78 is 8.15. The molecule has 1 N–H and O–H groups in total. The third-order valence-corrected chi connectivity index (χ3v) is 3.84. The Morgan fingerprint density at radius 2 is 2.25 bits per heavy atom. The maximum atomic E-state index is 5.24. The van der Waals surface area contributed by atoms with Gasteiger partial charge in [-0.1, -0.05) is 13.0 Å². The second-order valence-corrected chi connectivity index (χ2v) is 5.57. The van der Waals surface area contributed by atoms with Gasteiger partial charge in [0.2, 0.25) is 0 Å². The quantitative estimate of drug-likeness (QED) is 0.878. The first kappa shape index (κ1) is 15.1. The van der Waals surface area contributed by atoms with Gasteiger partial charge >= 0.3 is 0 Å². The Bertz CT molecular complexity index is 568. The van der Waals surface area contributed by atoms with Crippen LogP contribution >= 0.6 is 15.9 Å². The maximum Gasteiger partial charge on any atom is 0.133 e. The fourth-order valence-corrected chi connectivity index (χ4v) is 2.70. The summed E-state index contributed by atoms with van der Waals surface area (Å²) in [6.07, 6.45) is 4.01. The monoisotopic (exact) mass is 337 g/mol. The molecule has 1 aromatic heterocycles. The van der Waals surface area contributed by atoms with Crippen molar-refractivity contribution >= 4 is 15.9 Å². The molecule has 1 atom stereocenters. The van der Waals surface area contributed by atoms with Crippen LogP contribution in [0.1, 0.15) is 31.0 Å². The first-order valence-corrected chi connectivity index (χ1v) is 7.51. The molecule has 1 aromatic carbocycles. The molecule has 20 heavy (non-hydrogen) atoms. The summed E-state index contributed by atoms with van der Waals surface area (Å²) >= 11 is 3.50. The lowest BCUT2D eigenvalue weighted by molar-refractivity contribution is 0.412. The van der Waals surface area contributed by atoms with Crippen LogP contribution in [-0.4, -0.2) is 23.4 Å². The second kappa shape index (κ2) is 6.90. The Kier molecular flexibility index (Phi) is 5.20. The zero-order chi connectivity index (χ0) is 14.5. The van der Waals surface area contributed by atoms with Crippen molar-refractivity contribution in [3.63, 3.8) is 0 Å². The van der Waals surface area contributed by atoms with Crippen molar-refractivity contribution in [3.05, 3.63) is 46.2 Å². The van der Waals surface area contributed by atoms with E-state index in [9.17, 15) is 0 Å². The smallest absolute Gasteiger partial charge is 0.133 e. The van der Waals surface area contributed by atoms with Crippen molar-refractivity contribution in [1.82, 2.24) is 15.1 Å². The van der Waals surface area contributed by atoms with E-state index < -0.39 is 0 Å². The van der Waals surface area contributed by atoms with Gasteiger partial charge in [0.1, 0.15) is 5.75 Å². The molecule has 2 aromatic rings. The summed E-state index contributed by atoms with van der Waals surface area (Å²) in [6.45, 7) is 5.96. The summed E-state index contributed by atoms with van der Waals surface area (Å²) in [4.78, 5) is 0. The van der Waals surface area contributed by atoms with Crippen LogP contribution in [0.25, 0.3) is 0 Å². The van der Waals surface area contributed by atoms with E-state index >= 15 is 0 Å². The molecule has 0 aliphatic heterocycles. The van der Waals surface area contributed by atoms with E-state index in [1.54, 1.807) is 7.11 Å². The lowest BCUT2D eigenvalue weighted by Crippen LogP contribution is -2.17. The Hall–Kier alpha value is -1.33. The predicted octanol–water partition coefficient (Wildman–Crippen LogP) is 3.37. The van der Waals surface area contributed by atoms with E-state index in [2.05, 4.69) is 58.5 Å². The standard InChI is InChI=1S/C15H20BrN3O/c1-4-17-11(2)13-8-18-19(10-13)9-12-5-6-15(20-3)14(16)7-12/h5-8,10-11,17H,4,9H2,1-3H3. The van der Waals surface area contributed by atoms with E-state index in [0.29, 0.717) is 6.04 Å². The van der Waals surface area contributed by atoms with Gasteiger partial charge in [-0.15, -0.1) is 0 Å². The third kappa shape index (κ3) is 3.61. The minimum Gasteiger partial charge on any atom is -0.496 e. The molecule has 0 aliphatic rings. The number of methoxy groups -OCH3 is 1. The van der Waals surface area contributed by atoms with Gasteiger partial charge in [0, 0.05) is 17.8 Å². The molecule has 108 valence electrons. The molecule has 5 heteroatoms. The van der Waals surface area contributed by atoms with Gasteiger partial charge in [0.05, 0.1) is 24.3 Å². The molecule has 0 bridgehead atoms. The molecular weight excluding hydrogens is 318 g/mol. The van der Waals surface area contributed by atoms with Crippen LogP contribution in [0.5, 0.6) is 5.75 Å². The van der Waals surface area contributed by atoms with Gasteiger partial charge < -0.3 is 10.1 Å². The van der Waals surface area contributed by atoms with Crippen molar-refractivity contribution in [2.75, 3.05) is 13.7 Å². The number of rotatable bonds is 6.